The highest BCUT2D eigenvalue weighted by Crippen LogP contribution is 2.44. The topological polar surface area (TPSA) is 66.7 Å². The van der Waals surface area contributed by atoms with Crippen molar-refractivity contribution in [3.05, 3.63) is 53.7 Å². The Kier molecular flexibility index (Phi) is 4.05. The van der Waals surface area contributed by atoms with E-state index in [0.29, 0.717) is 24.4 Å². The van der Waals surface area contributed by atoms with Crippen LogP contribution in [-0.2, 0) is 4.79 Å². The third-order valence-electron chi connectivity index (χ3n) is 6.08. The van der Waals surface area contributed by atoms with Crippen molar-refractivity contribution in [2.24, 2.45) is 0 Å². The largest absolute Gasteiger partial charge is 0.469 e. The number of piperidine rings is 1. The van der Waals surface area contributed by atoms with Crippen LogP contribution in [0.25, 0.3) is 0 Å². The van der Waals surface area contributed by atoms with Gasteiger partial charge in [0.05, 0.1) is 17.7 Å². The number of aryl methyl sites for hydroxylation is 1. The first-order valence-electron chi connectivity index (χ1n) is 9.03. The maximum absolute atomic E-state index is 12.8. The zero-order chi connectivity index (χ0) is 18.3. The van der Waals surface area contributed by atoms with Crippen LogP contribution in [0.4, 0.5) is 0 Å². The maximum atomic E-state index is 12.8. The number of aromatic nitrogens is 1. The second-order valence-electron chi connectivity index (χ2n) is 7.35. The van der Waals surface area contributed by atoms with E-state index < -0.39 is 0 Å². The number of likely N-dealkylation sites (tertiary alicyclic amines) is 2. The summed E-state index contributed by atoms with van der Waals surface area (Å²) < 4.78 is 5.26. The molecule has 0 N–H and O–H groups in total. The van der Waals surface area contributed by atoms with Gasteiger partial charge < -0.3 is 14.2 Å². The number of hydrogen-bond acceptors (Lipinski definition) is 4. The maximum Gasteiger partial charge on any atom is 0.257 e. The van der Waals surface area contributed by atoms with E-state index in [-0.39, 0.29) is 23.3 Å². The highest BCUT2D eigenvalue weighted by Gasteiger charge is 2.51. The minimum Gasteiger partial charge on any atom is -0.469 e. The van der Waals surface area contributed by atoms with Gasteiger partial charge in [-0.25, -0.2) is 0 Å². The van der Waals surface area contributed by atoms with Gasteiger partial charge in [0, 0.05) is 38.1 Å². The third kappa shape index (κ3) is 2.60. The van der Waals surface area contributed by atoms with Crippen molar-refractivity contribution in [3.8, 4) is 0 Å². The number of amides is 2. The number of hydrogen-bond donors (Lipinski definition) is 0. The molecule has 1 atom stereocenters. The van der Waals surface area contributed by atoms with Crippen LogP contribution in [0.5, 0.6) is 0 Å². The second-order valence-corrected chi connectivity index (χ2v) is 7.35. The number of nitrogens with zero attached hydrogens (tertiary/aromatic N) is 3. The van der Waals surface area contributed by atoms with Crippen LogP contribution < -0.4 is 0 Å². The quantitative estimate of drug-likeness (QED) is 0.832. The first-order valence-corrected chi connectivity index (χ1v) is 9.03. The monoisotopic (exact) mass is 353 g/mol. The van der Waals surface area contributed by atoms with Crippen LogP contribution in [0.2, 0.25) is 0 Å². The summed E-state index contributed by atoms with van der Waals surface area (Å²) in [6, 6.07) is 5.58. The highest BCUT2D eigenvalue weighted by molar-refractivity contribution is 5.95. The normalized spacial score (nSPS) is 22.2. The Morgan fingerprint density at radius 2 is 2.08 bits per heavy atom. The number of rotatable bonds is 2. The van der Waals surface area contributed by atoms with Gasteiger partial charge in [0.25, 0.3) is 5.91 Å². The Morgan fingerprint density at radius 1 is 1.31 bits per heavy atom. The fourth-order valence-electron chi connectivity index (χ4n) is 4.36. The average molecular weight is 353 g/mol. The predicted octanol–water partition coefficient (Wildman–Crippen LogP) is 2.60. The third-order valence-corrected chi connectivity index (χ3v) is 6.08. The van der Waals surface area contributed by atoms with Crippen LogP contribution in [0.3, 0.4) is 0 Å². The molecule has 0 saturated carbocycles. The van der Waals surface area contributed by atoms with Crippen molar-refractivity contribution in [1.82, 2.24) is 14.8 Å². The minimum absolute atomic E-state index is 0.0156. The molecule has 136 valence electrons. The zero-order valence-corrected chi connectivity index (χ0v) is 15.1. The van der Waals surface area contributed by atoms with Crippen LogP contribution in [0.15, 0.2) is 41.3 Å². The summed E-state index contributed by atoms with van der Waals surface area (Å²) in [6.07, 6.45) is 7.46. The number of carbonyl (C=O) groups is 2. The Balaban J connectivity index is 1.49. The molecule has 1 spiro atoms. The molecule has 0 aromatic carbocycles. The lowest BCUT2D eigenvalue weighted by molar-refractivity contribution is -0.131. The number of likely N-dealkylation sites (N-methyl/N-ethyl adjacent to an activating group) is 1. The summed E-state index contributed by atoms with van der Waals surface area (Å²) >= 11 is 0. The molecule has 2 aliphatic rings. The summed E-state index contributed by atoms with van der Waals surface area (Å²) in [5.74, 6) is 0.692. The molecule has 2 aromatic rings. The number of furan rings is 1. The molecule has 0 aliphatic carbocycles. The minimum atomic E-state index is -0.167. The van der Waals surface area contributed by atoms with Crippen molar-refractivity contribution >= 4 is 11.8 Å². The molecule has 0 radical (unpaired) electrons. The summed E-state index contributed by atoms with van der Waals surface area (Å²) in [5, 5.41) is 0. The molecular weight excluding hydrogens is 330 g/mol. The lowest BCUT2D eigenvalue weighted by Gasteiger charge is -2.43. The van der Waals surface area contributed by atoms with Crippen molar-refractivity contribution in [2.75, 3.05) is 20.1 Å². The van der Waals surface area contributed by atoms with Gasteiger partial charge in [-0.15, -0.1) is 0 Å². The summed E-state index contributed by atoms with van der Waals surface area (Å²) in [7, 11) is 1.90. The van der Waals surface area contributed by atoms with Gasteiger partial charge in [-0.2, -0.15) is 0 Å². The van der Waals surface area contributed by atoms with E-state index in [0.717, 1.165) is 24.8 Å². The Labute approximate surface area is 152 Å². The zero-order valence-electron chi connectivity index (χ0n) is 15.1. The Bertz CT molecular complexity index is 822. The van der Waals surface area contributed by atoms with E-state index in [1.54, 1.807) is 31.6 Å². The van der Waals surface area contributed by atoms with Gasteiger partial charge >= 0.3 is 0 Å². The molecular formula is C20H23N3O3. The van der Waals surface area contributed by atoms with Gasteiger partial charge in [-0.3, -0.25) is 14.6 Å². The molecule has 2 saturated heterocycles. The molecule has 0 bridgehead atoms. The van der Waals surface area contributed by atoms with E-state index >= 15 is 0 Å². The Hall–Kier alpha value is -2.63. The van der Waals surface area contributed by atoms with E-state index in [9.17, 15) is 9.59 Å². The van der Waals surface area contributed by atoms with Crippen LogP contribution >= 0.6 is 0 Å². The highest BCUT2D eigenvalue weighted by atomic mass is 16.3. The number of pyridine rings is 1. The average Bonchev–Trinajstić information content (AvgIpc) is 3.20. The van der Waals surface area contributed by atoms with Gasteiger partial charge in [0.2, 0.25) is 5.91 Å². The van der Waals surface area contributed by atoms with Gasteiger partial charge in [0.15, 0.2) is 0 Å². The summed E-state index contributed by atoms with van der Waals surface area (Å²) in [5.41, 5.74) is 1.44. The fourth-order valence-corrected chi connectivity index (χ4v) is 4.36. The van der Waals surface area contributed by atoms with E-state index in [1.165, 1.54) is 0 Å². The first-order chi connectivity index (χ1) is 12.5. The predicted molar refractivity (Wildman–Crippen MR) is 95.7 cm³/mol. The summed E-state index contributed by atoms with van der Waals surface area (Å²) in [6.45, 7) is 3.11. The molecule has 6 heteroatoms. The fraction of sp³-hybridized carbons (Fsp3) is 0.450. The molecule has 2 aromatic heterocycles. The van der Waals surface area contributed by atoms with Gasteiger partial charge in [-0.1, -0.05) is 6.07 Å². The standard InChI is InChI=1S/C20H23N3O3/c1-14-16(5-11-26-14)19(25)23-9-6-20(7-10-23)12-17(18(24)22(20)2)15-4-3-8-21-13-15/h3-5,8,11,13,17H,6-7,9-10,12H2,1-2H3/t17-/m0/s1. The SMILES string of the molecule is Cc1occc1C(=O)N1CCC2(CC1)C[C@@H](c1cccnc1)C(=O)N2C. The summed E-state index contributed by atoms with van der Waals surface area (Å²) in [4.78, 5) is 33.5. The smallest absolute Gasteiger partial charge is 0.257 e. The lowest BCUT2D eigenvalue weighted by Crippen LogP contribution is -2.52. The molecule has 0 unspecified atom stereocenters. The van der Waals surface area contributed by atoms with E-state index in [4.69, 9.17) is 4.42 Å². The molecule has 4 rings (SSSR count). The van der Waals surface area contributed by atoms with E-state index in [2.05, 4.69) is 4.98 Å². The molecule has 26 heavy (non-hydrogen) atoms. The van der Waals surface area contributed by atoms with Gasteiger partial charge in [-0.05, 0) is 43.9 Å². The number of carbonyl (C=O) groups excluding carboxylic acids is 2. The molecule has 2 aliphatic heterocycles. The lowest BCUT2D eigenvalue weighted by atomic mass is 9.81. The molecule has 4 heterocycles. The molecule has 2 fully saturated rings. The van der Waals surface area contributed by atoms with Crippen molar-refractivity contribution in [2.45, 2.75) is 37.6 Å². The van der Waals surface area contributed by atoms with Crippen molar-refractivity contribution in [3.63, 3.8) is 0 Å². The van der Waals surface area contributed by atoms with Crippen LogP contribution in [0, 0.1) is 6.92 Å². The molecule has 2 amide bonds. The van der Waals surface area contributed by atoms with Crippen molar-refractivity contribution in [1.29, 1.82) is 0 Å². The molecule has 6 nitrogen and oxygen atoms in total. The Morgan fingerprint density at radius 3 is 2.69 bits per heavy atom. The first kappa shape index (κ1) is 16.8. The van der Waals surface area contributed by atoms with Crippen LogP contribution in [-0.4, -0.2) is 52.3 Å². The second kappa shape index (κ2) is 6.27. The van der Waals surface area contributed by atoms with Gasteiger partial charge in [0.1, 0.15) is 5.76 Å². The van der Waals surface area contributed by atoms with E-state index in [1.807, 2.05) is 29.0 Å². The van der Waals surface area contributed by atoms with Crippen molar-refractivity contribution < 1.29 is 14.0 Å². The van der Waals surface area contributed by atoms with Crippen LogP contribution in [0.1, 0.15) is 46.9 Å².